The first-order valence-electron chi connectivity index (χ1n) is 4.54. The standard InChI is InChI=1S/C11H9Cl2FO2/c1-2-16-11(15)10(14)6-7-3-4-8(12)9(13)5-7/h3-6H,2H2,1H3/b10-6-. The SMILES string of the molecule is CCOC(=O)/C(F)=C/c1ccc(Cl)c(Cl)c1. The van der Waals surface area contributed by atoms with Gasteiger partial charge in [0.05, 0.1) is 16.7 Å². The summed E-state index contributed by atoms with van der Waals surface area (Å²) >= 11 is 11.4. The van der Waals surface area contributed by atoms with Crippen LogP contribution in [0.3, 0.4) is 0 Å². The van der Waals surface area contributed by atoms with Gasteiger partial charge >= 0.3 is 5.97 Å². The molecule has 0 heterocycles. The zero-order valence-electron chi connectivity index (χ0n) is 8.47. The second-order valence-corrected chi connectivity index (χ2v) is 3.70. The van der Waals surface area contributed by atoms with Crippen LogP contribution >= 0.6 is 23.2 Å². The first kappa shape index (κ1) is 13.0. The van der Waals surface area contributed by atoms with Gasteiger partial charge in [-0.05, 0) is 30.7 Å². The lowest BCUT2D eigenvalue weighted by atomic mass is 10.2. The van der Waals surface area contributed by atoms with E-state index in [4.69, 9.17) is 23.2 Å². The summed E-state index contributed by atoms with van der Waals surface area (Å²) < 4.78 is 17.7. The number of esters is 1. The van der Waals surface area contributed by atoms with Gasteiger partial charge in [0.15, 0.2) is 0 Å². The first-order valence-corrected chi connectivity index (χ1v) is 5.29. The second kappa shape index (κ2) is 5.87. The molecule has 0 saturated carbocycles. The number of halogens is 3. The van der Waals surface area contributed by atoms with E-state index in [0.29, 0.717) is 15.6 Å². The summed E-state index contributed by atoms with van der Waals surface area (Å²) in [5, 5.41) is 0.669. The van der Waals surface area contributed by atoms with Crippen molar-refractivity contribution in [3.8, 4) is 0 Å². The van der Waals surface area contributed by atoms with E-state index in [1.165, 1.54) is 12.1 Å². The van der Waals surface area contributed by atoms with Crippen LogP contribution in [-0.4, -0.2) is 12.6 Å². The van der Waals surface area contributed by atoms with Crippen LogP contribution < -0.4 is 0 Å². The summed E-state index contributed by atoms with van der Waals surface area (Å²) in [5.41, 5.74) is 0.444. The van der Waals surface area contributed by atoms with Crippen LogP contribution in [0.4, 0.5) is 4.39 Å². The molecule has 0 radical (unpaired) electrons. The number of rotatable bonds is 3. The number of carbonyl (C=O) groups excluding carboxylic acids is 1. The van der Waals surface area contributed by atoms with E-state index < -0.39 is 11.8 Å². The molecule has 0 N–H and O–H groups in total. The lowest BCUT2D eigenvalue weighted by molar-refractivity contribution is -0.140. The van der Waals surface area contributed by atoms with Gasteiger partial charge in [0.25, 0.3) is 0 Å². The Balaban J connectivity index is 2.89. The molecule has 86 valence electrons. The minimum atomic E-state index is -0.992. The fourth-order valence-electron chi connectivity index (χ4n) is 1.01. The second-order valence-electron chi connectivity index (χ2n) is 2.89. The molecule has 5 heteroatoms. The number of carbonyl (C=O) groups is 1. The smallest absolute Gasteiger partial charge is 0.367 e. The van der Waals surface area contributed by atoms with Gasteiger partial charge in [0.2, 0.25) is 5.83 Å². The molecular formula is C11H9Cl2FO2. The third kappa shape index (κ3) is 3.51. The predicted octanol–water partition coefficient (Wildman–Crippen LogP) is 3.87. The van der Waals surface area contributed by atoms with E-state index in [1.54, 1.807) is 13.0 Å². The summed E-state index contributed by atoms with van der Waals surface area (Å²) in [4.78, 5) is 11.0. The molecule has 0 aliphatic carbocycles. The normalized spacial score (nSPS) is 11.4. The minimum Gasteiger partial charge on any atom is -0.461 e. The highest BCUT2D eigenvalue weighted by Gasteiger charge is 2.09. The highest BCUT2D eigenvalue weighted by atomic mass is 35.5. The Hall–Kier alpha value is -1.06. The van der Waals surface area contributed by atoms with Gasteiger partial charge < -0.3 is 4.74 Å². The molecular weight excluding hydrogens is 254 g/mol. The zero-order valence-corrected chi connectivity index (χ0v) is 9.98. The van der Waals surface area contributed by atoms with Crippen LogP contribution in [0.25, 0.3) is 6.08 Å². The van der Waals surface area contributed by atoms with Crippen LogP contribution in [0.15, 0.2) is 24.0 Å². The monoisotopic (exact) mass is 262 g/mol. The molecule has 0 fully saturated rings. The molecule has 0 aliphatic heterocycles. The summed E-state index contributed by atoms with van der Waals surface area (Å²) in [6.07, 6.45) is 1.04. The highest BCUT2D eigenvalue weighted by molar-refractivity contribution is 6.42. The van der Waals surface area contributed by atoms with Crippen molar-refractivity contribution in [3.63, 3.8) is 0 Å². The van der Waals surface area contributed by atoms with Crippen LogP contribution in [-0.2, 0) is 9.53 Å². The first-order chi connectivity index (χ1) is 7.54. The maximum atomic E-state index is 13.2. The van der Waals surface area contributed by atoms with Crippen molar-refractivity contribution in [1.82, 2.24) is 0 Å². The Morgan fingerprint density at radius 2 is 2.12 bits per heavy atom. The molecule has 1 aromatic carbocycles. The number of hydrogen-bond acceptors (Lipinski definition) is 2. The van der Waals surface area contributed by atoms with Crippen LogP contribution in [0.2, 0.25) is 10.0 Å². The van der Waals surface area contributed by atoms with Crippen molar-refractivity contribution in [3.05, 3.63) is 39.6 Å². The third-order valence-electron chi connectivity index (χ3n) is 1.71. The largest absolute Gasteiger partial charge is 0.461 e. The Morgan fingerprint density at radius 1 is 1.44 bits per heavy atom. The molecule has 1 aromatic rings. The molecule has 0 spiro atoms. The Kier molecular flexibility index (Phi) is 4.77. The molecule has 0 atom stereocenters. The molecule has 0 aliphatic rings. The molecule has 0 unspecified atom stereocenters. The van der Waals surface area contributed by atoms with Crippen molar-refractivity contribution >= 4 is 35.2 Å². The molecule has 2 nitrogen and oxygen atoms in total. The summed E-state index contributed by atoms with van der Waals surface area (Å²) in [5.74, 6) is -1.96. The quantitative estimate of drug-likeness (QED) is 0.611. The Labute approximate surface area is 103 Å². The third-order valence-corrected chi connectivity index (χ3v) is 2.45. The lowest BCUT2D eigenvalue weighted by Crippen LogP contribution is -2.03. The van der Waals surface area contributed by atoms with E-state index >= 15 is 0 Å². The van der Waals surface area contributed by atoms with Gasteiger partial charge in [-0.15, -0.1) is 0 Å². The Morgan fingerprint density at radius 3 is 2.69 bits per heavy atom. The summed E-state index contributed by atoms with van der Waals surface area (Å²) in [7, 11) is 0. The maximum Gasteiger partial charge on any atom is 0.367 e. The van der Waals surface area contributed by atoms with Crippen LogP contribution in [0.1, 0.15) is 12.5 Å². The van der Waals surface area contributed by atoms with Crippen molar-refractivity contribution in [2.24, 2.45) is 0 Å². The van der Waals surface area contributed by atoms with E-state index in [2.05, 4.69) is 4.74 Å². The zero-order chi connectivity index (χ0) is 12.1. The van der Waals surface area contributed by atoms with Gasteiger partial charge in [-0.1, -0.05) is 29.3 Å². The fourth-order valence-corrected chi connectivity index (χ4v) is 1.31. The van der Waals surface area contributed by atoms with Crippen molar-refractivity contribution < 1.29 is 13.9 Å². The fraction of sp³-hybridized carbons (Fsp3) is 0.182. The summed E-state index contributed by atoms with van der Waals surface area (Å²) in [6, 6.07) is 4.53. The minimum absolute atomic E-state index is 0.126. The van der Waals surface area contributed by atoms with Crippen molar-refractivity contribution in [1.29, 1.82) is 0 Å². The highest BCUT2D eigenvalue weighted by Crippen LogP contribution is 2.23. The maximum absolute atomic E-state index is 13.2. The number of ether oxygens (including phenoxy) is 1. The van der Waals surface area contributed by atoms with E-state index in [-0.39, 0.29) is 6.61 Å². The van der Waals surface area contributed by atoms with E-state index in [9.17, 15) is 9.18 Å². The van der Waals surface area contributed by atoms with Crippen LogP contribution in [0.5, 0.6) is 0 Å². The molecule has 0 amide bonds. The summed E-state index contributed by atoms with van der Waals surface area (Å²) in [6.45, 7) is 1.73. The van der Waals surface area contributed by atoms with Crippen LogP contribution in [0, 0.1) is 0 Å². The molecule has 0 saturated heterocycles. The predicted molar refractivity (Wildman–Crippen MR) is 62.2 cm³/mol. The topological polar surface area (TPSA) is 26.3 Å². The lowest BCUT2D eigenvalue weighted by Gasteiger charge is -2.00. The Bertz CT molecular complexity index is 430. The van der Waals surface area contributed by atoms with Crippen molar-refractivity contribution in [2.45, 2.75) is 6.92 Å². The number of benzene rings is 1. The van der Waals surface area contributed by atoms with Gasteiger partial charge in [-0.3, -0.25) is 0 Å². The molecule has 1 rings (SSSR count). The number of hydrogen-bond donors (Lipinski definition) is 0. The van der Waals surface area contributed by atoms with Gasteiger partial charge in [-0.25, -0.2) is 4.79 Å². The van der Waals surface area contributed by atoms with Gasteiger partial charge in [0, 0.05) is 0 Å². The van der Waals surface area contributed by atoms with Crippen molar-refractivity contribution in [2.75, 3.05) is 6.61 Å². The van der Waals surface area contributed by atoms with Gasteiger partial charge in [-0.2, -0.15) is 4.39 Å². The van der Waals surface area contributed by atoms with E-state index in [0.717, 1.165) is 6.08 Å². The molecule has 0 bridgehead atoms. The van der Waals surface area contributed by atoms with Gasteiger partial charge in [0.1, 0.15) is 0 Å². The average molecular weight is 263 g/mol. The average Bonchev–Trinajstić information content (AvgIpc) is 2.24. The molecule has 16 heavy (non-hydrogen) atoms. The van der Waals surface area contributed by atoms with E-state index in [1.807, 2.05) is 0 Å². The molecule has 0 aromatic heterocycles.